The van der Waals surface area contributed by atoms with Crippen molar-refractivity contribution < 1.29 is 24.3 Å². The Morgan fingerprint density at radius 3 is 2.12 bits per heavy atom. The molecule has 4 aromatic rings. The summed E-state index contributed by atoms with van der Waals surface area (Å²) >= 11 is 1.32. The Kier molecular flexibility index (Phi) is 10.5. The third-order valence-corrected chi connectivity index (χ3v) is 7.69. The molecule has 9 heteroatoms. The highest BCUT2D eigenvalue weighted by atomic mass is 32.2. The Labute approximate surface area is 254 Å². The standard InChI is InChI=1S/C34H31N3O5S/c1-3-30(33(40)36-26-12-7-11-25(20-26)34(41)42)43-28-14-8-13-27(21-28)35-32(39)29(19-23-17-15-22(2)16-18-23)37-31(38)24-9-5-4-6-10-24/h4-21,30H,3H2,1-2H3,(H,35,39)(H,36,40)(H,37,38)(H,41,42)/b29-19-. The van der Waals surface area contributed by atoms with Gasteiger partial charge in [0.2, 0.25) is 5.91 Å². The number of benzene rings is 4. The van der Waals surface area contributed by atoms with E-state index in [0.717, 1.165) is 16.0 Å². The lowest BCUT2D eigenvalue weighted by atomic mass is 10.1. The first kappa shape index (κ1) is 30.8. The van der Waals surface area contributed by atoms with Gasteiger partial charge in [-0.25, -0.2) is 4.79 Å². The Balaban J connectivity index is 1.49. The van der Waals surface area contributed by atoms with Crippen LogP contribution in [0.15, 0.2) is 114 Å². The van der Waals surface area contributed by atoms with Crippen molar-refractivity contribution in [2.45, 2.75) is 30.4 Å². The maximum Gasteiger partial charge on any atom is 0.335 e. The first-order valence-electron chi connectivity index (χ1n) is 13.6. The molecule has 0 spiro atoms. The molecule has 8 nitrogen and oxygen atoms in total. The highest BCUT2D eigenvalue weighted by Gasteiger charge is 2.20. The van der Waals surface area contributed by atoms with Crippen LogP contribution in [0, 0.1) is 6.92 Å². The van der Waals surface area contributed by atoms with E-state index in [4.69, 9.17) is 0 Å². The zero-order valence-corrected chi connectivity index (χ0v) is 24.5. The van der Waals surface area contributed by atoms with Crippen molar-refractivity contribution in [2.24, 2.45) is 0 Å². The SMILES string of the molecule is CCC(Sc1cccc(NC(=O)/C(=C/c2ccc(C)cc2)NC(=O)c2ccccc2)c1)C(=O)Nc1cccc(C(=O)O)c1. The second-order valence-electron chi connectivity index (χ2n) is 9.66. The van der Waals surface area contributed by atoms with E-state index in [1.165, 1.54) is 23.9 Å². The number of carbonyl (C=O) groups excluding carboxylic acids is 3. The number of nitrogens with one attached hydrogen (secondary N) is 3. The average Bonchev–Trinajstić information content (AvgIpc) is 3.01. The van der Waals surface area contributed by atoms with Crippen LogP contribution in [-0.4, -0.2) is 34.0 Å². The van der Waals surface area contributed by atoms with Crippen LogP contribution in [0.25, 0.3) is 6.08 Å². The maximum atomic E-state index is 13.4. The number of hydrogen-bond donors (Lipinski definition) is 4. The van der Waals surface area contributed by atoms with Crippen LogP contribution >= 0.6 is 11.8 Å². The molecule has 1 atom stereocenters. The van der Waals surface area contributed by atoms with Crippen molar-refractivity contribution in [3.05, 3.63) is 131 Å². The van der Waals surface area contributed by atoms with Crippen molar-refractivity contribution in [3.63, 3.8) is 0 Å². The fraction of sp³-hybridized carbons (Fsp3) is 0.118. The predicted molar refractivity (Wildman–Crippen MR) is 170 cm³/mol. The molecule has 3 amide bonds. The second kappa shape index (κ2) is 14.7. The molecule has 0 heterocycles. The summed E-state index contributed by atoms with van der Waals surface area (Å²) in [5.74, 6) is -2.26. The van der Waals surface area contributed by atoms with Crippen molar-refractivity contribution in [1.29, 1.82) is 0 Å². The van der Waals surface area contributed by atoms with E-state index in [-0.39, 0.29) is 17.2 Å². The Hall–Kier alpha value is -5.15. The van der Waals surface area contributed by atoms with Gasteiger partial charge in [-0.3, -0.25) is 14.4 Å². The zero-order chi connectivity index (χ0) is 30.8. The fourth-order valence-corrected chi connectivity index (χ4v) is 5.07. The molecule has 0 saturated carbocycles. The Morgan fingerprint density at radius 2 is 1.44 bits per heavy atom. The number of anilines is 2. The van der Waals surface area contributed by atoms with Crippen molar-refractivity contribution in [2.75, 3.05) is 10.6 Å². The minimum Gasteiger partial charge on any atom is -0.478 e. The molecular weight excluding hydrogens is 562 g/mol. The van der Waals surface area contributed by atoms with Gasteiger partial charge in [0.15, 0.2) is 0 Å². The van der Waals surface area contributed by atoms with E-state index in [0.29, 0.717) is 23.4 Å². The summed E-state index contributed by atoms with van der Waals surface area (Å²) in [4.78, 5) is 51.3. The van der Waals surface area contributed by atoms with E-state index in [2.05, 4.69) is 16.0 Å². The third kappa shape index (κ3) is 8.92. The lowest BCUT2D eigenvalue weighted by Gasteiger charge is -2.16. The molecule has 0 aliphatic carbocycles. The van der Waals surface area contributed by atoms with Crippen LogP contribution in [0.2, 0.25) is 0 Å². The van der Waals surface area contributed by atoms with E-state index in [9.17, 15) is 24.3 Å². The normalized spacial score (nSPS) is 11.7. The van der Waals surface area contributed by atoms with Crippen molar-refractivity contribution >= 4 is 52.9 Å². The molecule has 43 heavy (non-hydrogen) atoms. The summed E-state index contributed by atoms with van der Waals surface area (Å²) in [7, 11) is 0. The number of carboxylic acid groups (broad SMARTS) is 1. The first-order chi connectivity index (χ1) is 20.7. The van der Waals surface area contributed by atoms with Crippen LogP contribution in [0.5, 0.6) is 0 Å². The van der Waals surface area contributed by atoms with E-state index in [1.54, 1.807) is 66.7 Å². The van der Waals surface area contributed by atoms with Gasteiger partial charge in [0, 0.05) is 21.8 Å². The molecular formula is C34H31N3O5S. The average molecular weight is 594 g/mol. The molecule has 1 unspecified atom stereocenters. The van der Waals surface area contributed by atoms with Gasteiger partial charge in [-0.2, -0.15) is 0 Å². The maximum absolute atomic E-state index is 13.4. The molecule has 0 aromatic heterocycles. The minimum absolute atomic E-state index is 0.0742. The third-order valence-electron chi connectivity index (χ3n) is 6.33. The second-order valence-corrected chi connectivity index (χ2v) is 10.9. The molecule has 4 aromatic carbocycles. The number of amides is 3. The summed E-state index contributed by atoms with van der Waals surface area (Å²) in [6.45, 7) is 3.85. The van der Waals surface area contributed by atoms with Gasteiger partial charge in [-0.1, -0.05) is 67.1 Å². The number of carbonyl (C=O) groups is 4. The smallest absolute Gasteiger partial charge is 0.335 e. The van der Waals surface area contributed by atoms with E-state index >= 15 is 0 Å². The topological polar surface area (TPSA) is 125 Å². The predicted octanol–water partition coefficient (Wildman–Crippen LogP) is 6.61. The molecule has 4 rings (SSSR count). The first-order valence-corrected chi connectivity index (χ1v) is 14.5. The fourth-order valence-electron chi connectivity index (χ4n) is 4.06. The highest BCUT2D eigenvalue weighted by molar-refractivity contribution is 8.00. The molecule has 0 aliphatic rings. The van der Waals surface area contributed by atoms with Gasteiger partial charge in [0.05, 0.1) is 10.8 Å². The molecule has 0 radical (unpaired) electrons. The van der Waals surface area contributed by atoms with Crippen LogP contribution in [-0.2, 0) is 9.59 Å². The molecule has 218 valence electrons. The molecule has 0 fully saturated rings. The van der Waals surface area contributed by atoms with Gasteiger partial charge in [-0.05, 0) is 73.5 Å². The number of aryl methyl sites for hydroxylation is 1. The monoisotopic (exact) mass is 593 g/mol. The zero-order valence-electron chi connectivity index (χ0n) is 23.7. The molecule has 0 aliphatic heterocycles. The van der Waals surface area contributed by atoms with Crippen LogP contribution in [0.1, 0.15) is 45.2 Å². The molecule has 4 N–H and O–H groups in total. The van der Waals surface area contributed by atoms with Gasteiger partial charge in [0.25, 0.3) is 11.8 Å². The summed E-state index contributed by atoms with van der Waals surface area (Å²) in [6.07, 6.45) is 2.13. The summed E-state index contributed by atoms with van der Waals surface area (Å²) < 4.78 is 0. The van der Waals surface area contributed by atoms with Gasteiger partial charge in [-0.15, -0.1) is 11.8 Å². The van der Waals surface area contributed by atoms with Crippen LogP contribution < -0.4 is 16.0 Å². The summed E-state index contributed by atoms with van der Waals surface area (Å²) in [5.41, 5.74) is 3.28. The lowest BCUT2D eigenvalue weighted by molar-refractivity contribution is -0.116. The van der Waals surface area contributed by atoms with Crippen LogP contribution in [0.3, 0.4) is 0 Å². The highest BCUT2D eigenvalue weighted by Crippen LogP contribution is 2.29. The van der Waals surface area contributed by atoms with E-state index in [1.807, 2.05) is 44.2 Å². The number of aromatic carboxylic acids is 1. The van der Waals surface area contributed by atoms with Gasteiger partial charge in [0.1, 0.15) is 5.70 Å². The van der Waals surface area contributed by atoms with E-state index < -0.39 is 23.0 Å². The van der Waals surface area contributed by atoms with Crippen molar-refractivity contribution in [3.8, 4) is 0 Å². The van der Waals surface area contributed by atoms with Crippen molar-refractivity contribution in [1.82, 2.24) is 5.32 Å². The quantitative estimate of drug-likeness (QED) is 0.115. The number of thioether (sulfide) groups is 1. The van der Waals surface area contributed by atoms with Gasteiger partial charge >= 0.3 is 5.97 Å². The summed E-state index contributed by atoms with van der Waals surface area (Å²) in [6, 6.07) is 29.4. The van der Waals surface area contributed by atoms with Gasteiger partial charge < -0.3 is 21.1 Å². The Morgan fingerprint density at radius 1 is 0.791 bits per heavy atom. The molecule has 0 saturated heterocycles. The number of hydrogen-bond acceptors (Lipinski definition) is 5. The number of rotatable bonds is 11. The largest absolute Gasteiger partial charge is 0.478 e. The minimum atomic E-state index is -1.08. The number of carboxylic acids is 1. The van der Waals surface area contributed by atoms with Crippen LogP contribution in [0.4, 0.5) is 11.4 Å². The lowest BCUT2D eigenvalue weighted by Crippen LogP contribution is -2.30. The Bertz CT molecular complexity index is 1650. The molecule has 0 bridgehead atoms. The summed E-state index contributed by atoms with van der Waals surface area (Å²) in [5, 5.41) is 17.1.